The summed E-state index contributed by atoms with van der Waals surface area (Å²) < 4.78 is 33.6. The molecule has 3 aromatic rings. The van der Waals surface area contributed by atoms with Gasteiger partial charge in [-0.05, 0) is 42.5 Å². The third-order valence-electron chi connectivity index (χ3n) is 6.11. The van der Waals surface area contributed by atoms with E-state index in [0.717, 1.165) is 0 Å². The Balaban J connectivity index is 1.73. The number of hydrogen-bond acceptors (Lipinski definition) is 9. The van der Waals surface area contributed by atoms with Gasteiger partial charge in [0.05, 0.1) is 30.2 Å². The van der Waals surface area contributed by atoms with Crippen LogP contribution in [0, 0.1) is 0 Å². The van der Waals surface area contributed by atoms with Crippen molar-refractivity contribution in [3.8, 4) is 0 Å². The number of guanidine groups is 2. The van der Waals surface area contributed by atoms with Gasteiger partial charge in [0, 0.05) is 6.54 Å². The lowest BCUT2D eigenvalue weighted by atomic mass is 10.1. The predicted molar refractivity (Wildman–Crippen MR) is 167 cm³/mol. The molecule has 240 valence electrons. The van der Waals surface area contributed by atoms with E-state index in [0.29, 0.717) is 23.2 Å². The van der Waals surface area contributed by atoms with Crippen molar-refractivity contribution in [2.45, 2.75) is 37.1 Å². The van der Waals surface area contributed by atoms with E-state index >= 15 is 0 Å². The normalized spacial score (nSPS) is 12.4. The Morgan fingerprint density at radius 2 is 1.67 bits per heavy atom. The minimum absolute atomic E-state index is 0.0919. The average molecular weight is 641 g/mol. The molecule has 11 N–H and O–H groups in total. The first-order chi connectivity index (χ1) is 21.4. The molecule has 45 heavy (non-hydrogen) atoms. The number of ketones is 1. The fourth-order valence-electron chi connectivity index (χ4n) is 4.18. The molecule has 0 saturated heterocycles. The molecule has 17 heteroatoms. The minimum Gasteiger partial charge on any atom is -0.442 e. The molecule has 2 atom stereocenters. The van der Waals surface area contributed by atoms with E-state index < -0.39 is 46.2 Å². The Bertz CT molecular complexity index is 1600. The van der Waals surface area contributed by atoms with Gasteiger partial charge in [0.2, 0.25) is 27.6 Å². The molecular weight excluding hydrogens is 604 g/mol. The summed E-state index contributed by atoms with van der Waals surface area (Å²) >= 11 is 0. The van der Waals surface area contributed by atoms with Gasteiger partial charge >= 0.3 is 0 Å². The van der Waals surface area contributed by atoms with Crippen LogP contribution in [0.4, 0.5) is 5.69 Å². The van der Waals surface area contributed by atoms with Crippen LogP contribution in [0.15, 0.2) is 81.5 Å². The van der Waals surface area contributed by atoms with E-state index in [-0.39, 0.29) is 42.9 Å². The molecule has 16 nitrogen and oxygen atoms in total. The molecule has 0 unspecified atom stereocenters. The van der Waals surface area contributed by atoms with Crippen molar-refractivity contribution in [3.05, 3.63) is 84.1 Å². The van der Waals surface area contributed by atoms with E-state index in [1.165, 1.54) is 12.5 Å². The summed E-state index contributed by atoms with van der Waals surface area (Å²) in [7, 11) is -4.01. The molecule has 1 aromatic heterocycles. The second-order valence-corrected chi connectivity index (χ2v) is 11.6. The van der Waals surface area contributed by atoms with Crippen molar-refractivity contribution >= 4 is 45.2 Å². The van der Waals surface area contributed by atoms with Gasteiger partial charge in [0.1, 0.15) is 12.3 Å². The number of nitrogens with one attached hydrogen (secondary N) is 3. The molecule has 0 bridgehead atoms. The quantitative estimate of drug-likeness (QED) is 0.0413. The lowest BCUT2D eigenvalue weighted by Crippen LogP contribution is -2.51. The van der Waals surface area contributed by atoms with Crippen LogP contribution in [0.5, 0.6) is 0 Å². The maximum absolute atomic E-state index is 13.3. The number of carbonyl (C=O) groups excluding carboxylic acids is 3. The largest absolute Gasteiger partial charge is 0.442 e. The van der Waals surface area contributed by atoms with Crippen LogP contribution in [0.2, 0.25) is 0 Å². The molecule has 0 aliphatic heterocycles. The maximum Gasteiger partial charge on any atom is 0.265 e. The molecule has 0 spiro atoms. The highest BCUT2D eigenvalue weighted by atomic mass is 32.2. The first-order valence-electron chi connectivity index (χ1n) is 13.7. The lowest BCUT2D eigenvalue weighted by molar-refractivity contribution is -0.127. The van der Waals surface area contributed by atoms with Gasteiger partial charge in [-0.1, -0.05) is 42.5 Å². The highest BCUT2D eigenvalue weighted by Gasteiger charge is 2.28. The SMILES string of the molecule is NC(N)=NCCC[C@H](NC(=O)CNC(=O)[C@@H](Cc1cccc(N=C(N)N)c1)NS(=O)(=O)Cc1ccccc1)C(=O)c1ncco1. The van der Waals surface area contributed by atoms with Gasteiger partial charge in [-0.25, -0.2) is 23.1 Å². The fourth-order valence-corrected chi connectivity index (χ4v) is 5.52. The topological polar surface area (TPSA) is 276 Å². The maximum atomic E-state index is 13.3. The van der Waals surface area contributed by atoms with E-state index in [1.54, 1.807) is 54.6 Å². The van der Waals surface area contributed by atoms with Crippen LogP contribution in [-0.2, 0) is 31.8 Å². The summed E-state index contributed by atoms with van der Waals surface area (Å²) in [4.78, 5) is 50.7. The van der Waals surface area contributed by atoms with Crippen molar-refractivity contribution in [3.63, 3.8) is 0 Å². The van der Waals surface area contributed by atoms with Crippen molar-refractivity contribution in [2.24, 2.45) is 32.9 Å². The molecule has 0 saturated carbocycles. The van der Waals surface area contributed by atoms with Gasteiger partial charge in [-0.3, -0.25) is 19.4 Å². The molecule has 0 fully saturated rings. The van der Waals surface area contributed by atoms with Crippen LogP contribution in [0.25, 0.3) is 0 Å². The number of oxazole rings is 1. The molecule has 1 heterocycles. The molecule has 2 amide bonds. The zero-order chi connectivity index (χ0) is 32.8. The van der Waals surface area contributed by atoms with Crippen LogP contribution in [0.3, 0.4) is 0 Å². The minimum atomic E-state index is -4.01. The Kier molecular flexibility index (Phi) is 12.6. The van der Waals surface area contributed by atoms with Crippen LogP contribution >= 0.6 is 0 Å². The first-order valence-corrected chi connectivity index (χ1v) is 15.4. The number of amides is 2. The number of benzene rings is 2. The van der Waals surface area contributed by atoms with Gasteiger partial charge < -0.3 is 38.0 Å². The Hall–Kier alpha value is -5.29. The summed E-state index contributed by atoms with van der Waals surface area (Å²) in [5.74, 6) is -2.95. The number of rotatable bonds is 17. The standard InChI is InChI=1S/C28H36N10O6S/c29-27(30)34-11-5-10-21(24(40)26-33-12-13-44-26)37-23(39)16-35-25(41)22(15-19-8-4-9-20(14-19)36-28(31)32)38-45(42,43)17-18-6-2-1-3-7-18/h1-4,6-9,12-14,21-22,38H,5,10-11,15-17H2,(H,35,41)(H,37,39)(H4,29,30,34)(H4,31,32,36)/t21-,22+/m0/s1. The zero-order valence-electron chi connectivity index (χ0n) is 24.3. The molecule has 2 aromatic carbocycles. The highest BCUT2D eigenvalue weighted by molar-refractivity contribution is 7.88. The van der Waals surface area contributed by atoms with Crippen molar-refractivity contribution < 1.29 is 27.2 Å². The predicted octanol–water partition coefficient (Wildman–Crippen LogP) is -0.852. The van der Waals surface area contributed by atoms with Crippen LogP contribution in [0.1, 0.15) is 34.7 Å². The number of aliphatic imine (C=N–C) groups is 2. The van der Waals surface area contributed by atoms with Crippen molar-refractivity contribution in [1.29, 1.82) is 0 Å². The lowest BCUT2D eigenvalue weighted by Gasteiger charge is -2.20. The van der Waals surface area contributed by atoms with E-state index in [4.69, 9.17) is 27.4 Å². The van der Waals surface area contributed by atoms with E-state index in [9.17, 15) is 22.8 Å². The monoisotopic (exact) mass is 640 g/mol. The van der Waals surface area contributed by atoms with E-state index in [2.05, 4.69) is 30.3 Å². The van der Waals surface area contributed by atoms with Crippen molar-refractivity contribution in [1.82, 2.24) is 20.3 Å². The number of carbonyl (C=O) groups is 3. The third-order valence-corrected chi connectivity index (χ3v) is 7.47. The highest BCUT2D eigenvalue weighted by Crippen LogP contribution is 2.16. The number of aromatic nitrogens is 1. The van der Waals surface area contributed by atoms with Crippen LogP contribution < -0.4 is 38.3 Å². The summed E-state index contributed by atoms with van der Waals surface area (Å²) in [6, 6.07) is 12.6. The first kappa shape index (κ1) is 34.2. The number of Topliss-reactive ketones (excluding diaryl/α,β-unsaturated/α-hetero) is 1. The van der Waals surface area contributed by atoms with Gasteiger partial charge in [-0.2, -0.15) is 0 Å². The summed E-state index contributed by atoms with van der Waals surface area (Å²) in [5.41, 5.74) is 23.1. The zero-order valence-corrected chi connectivity index (χ0v) is 25.1. The number of nitrogens with zero attached hydrogens (tertiary/aromatic N) is 3. The average Bonchev–Trinajstić information content (AvgIpc) is 3.52. The van der Waals surface area contributed by atoms with E-state index in [1.807, 2.05) is 0 Å². The van der Waals surface area contributed by atoms with Gasteiger partial charge in [0.15, 0.2) is 11.9 Å². The fraction of sp³-hybridized carbons (Fsp3) is 0.286. The van der Waals surface area contributed by atoms with Crippen LogP contribution in [-0.4, -0.2) is 68.1 Å². The summed E-state index contributed by atoms with van der Waals surface area (Å²) in [5, 5.41) is 5.00. The molecule has 3 rings (SSSR count). The number of sulfonamides is 1. The number of hydrogen-bond donors (Lipinski definition) is 7. The second-order valence-electron chi connectivity index (χ2n) is 9.81. The number of nitrogens with two attached hydrogens (primary N) is 4. The van der Waals surface area contributed by atoms with Gasteiger partial charge in [-0.15, -0.1) is 0 Å². The second kappa shape index (κ2) is 16.5. The van der Waals surface area contributed by atoms with Gasteiger partial charge in [0.25, 0.3) is 5.89 Å². The summed E-state index contributed by atoms with van der Waals surface area (Å²) in [6.45, 7) is -0.355. The summed E-state index contributed by atoms with van der Waals surface area (Å²) in [6.07, 6.45) is 2.90. The third kappa shape index (κ3) is 12.1. The Morgan fingerprint density at radius 3 is 2.33 bits per heavy atom. The smallest absolute Gasteiger partial charge is 0.265 e. The molecule has 0 aliphatic carbocycles. The molecule has 0 aliphatic rings. The Morgan fingerprint density at radius 1 is 0.933 bits per heavy atom. The van der Waals surface area contributed by atoms with Crippen molar-refractivity contribution in [2.75, 3.05) is 13.1 Å². The Labute approximate surface area is 259 Å². The molecule has 0 radical (unpaired) electrons. The molecular formula is C28H36N10O6S.